The minimum absolute atomic E-state index is 0.0997. The number of non-ortho nitro benzene ring substituents is 1. The fourth-order valence-electron chi connectivity index (χ4n) is 1.08. The van der Waals surface area contributed by atoms with Gasteiger partial charge in [0.15, 0.2) is 0 Å². The SMILES string of the molecule is O=COCc1ccc([N+](=O)[O-])cc1[N+](=O)[O-]. The first kappa shape index (κ1) is 11.6. The second-order valence-electron chi connectivity index (χ2n) is 2.73. The Morgan fingerprint density at radius 3 is 2.44 bits per heavy atom. The number of hydrogen-bond donors (Lipinski definition) is 0. The summed E-state index contributed by atoms with van der Waals surface area (Å²) in [7, 11) is 0. The van der Waals surface area contributed by atoms with Crippen molar-refractivity contribution in [2.75, 3.05) is 0 Å². The molecule has 0 aliphatic carbocycles. The monoisotopic (exact) mass is 226 g/mol. The molecular weight excluding hydrogens is 220 g/mol. The number of carbonyl (C=O) groups excluding carboxylic acids is 1. The van der Waals surface area contributed by atoms with Crippen LogP contribution in [-0.2, 0) is 16.1 Å². The topological polar surface area (TPSA) is 113 Å². The van der Waals surface area contributed by atoms with Gasteiger partial charge in [0.25, 0.3) is 17.8 Å². The minimum atomic E-state index is -0.767. The molecule has 0 bridgehead atoms. The third-order valence-corrected chi connectivity index (χ3v) is 1.78. The fraction of sp³-hybridized carbons (Fsp3) is 0.125. The van der Waals surface area contributed by atoms with Crippen LogP contribution >= 0.6 is 0 Å². The standard InChI is InChI=1S/C8H6N2O6/c11-5-16-4-6-1-2-7(9(12)13)3-8(6)10(14)15/h1-3,5H,4H2. The van der Waals surface area contributed by atoms with Crippen molar-refractivity contribution < 1.29 is 19.4 Å². The first-order valence-electron chi connectivity index (χ1n) is 4.03. The van der Waals surface area contributed by atoms with Crippen LogP contribution in [0.4, 0.5) is 11.4 Å². The molecule has 0 fully saturated rings. The van der Waals surface area contributed by atoms with E-state index in [1.54, 1.807) is 0 Å². The maximum Gasteiger partial charge on any atom is 0.293 e. The summed E-state index contributed by atoms with van der Waals surface area (Å²) in [5, 5.41) is 21.0. The predicted octanol–water partition coefficient (Wildman–Crippen LogP) is 1.18. The zero-order valence-electron chi connectivity index (χ0n) is 7.86. The van der Waals surface area contributed by atoms with E-state index < -0.39 is 15.5 Å². The molecule has 0 saturated carbocycles. The molecule has 1 aromatic rings. The molecular formula is C8H6N2O6. The average Bonchev–Trinajstić information content (AvgIpc) is 2.25. The highest BCUT2D eigenvalue weighted by molar-refractivity contribution is 5.49. The smallest absolute Gasteiger partial charge is 0.293 e. The lowest BCUT2D eigenvalue weighted by Gasteiger charge is -2.01. The molecule has 0 aliphatic rings. The Morgan fingerprint density at radius 1 is 1.25 bits per heavy atom. The highest BCUT2D eigenvalue weighted by Gasteiger charge is 2.19. The van der Waals surface area contributed by atoms with E-state index >= 15 is 0 Å². The van der Waals surface area contributed by atoms with Crippen LogP contribution in [0.3, 0.4) is 0 Å². The molecule has 1 aromatic carbocycles. The van der Waals surface area contributed by atoms with Gasteiger partial charge in [-0.05, 0) is 6.07 Å². The first-order chi connectivity index (χ1) is 7.56. The van der Waals surface area contributed by atoms with Crippen LogP contribution in [-0.4, -0.2) is 16.3 Å². The van der Waals surface area contributed by atoms with Crippen molar-refractivity contribution in [1.29, 1.82) is 0 Å². The van der Waals surface area contributed by atoms with Crippen molar-refractivity contribution >= 4 is 17.8 Å². The number of ether oxygens (including phenoxy) is 1. The van der Waals surface area contributed by atoms with Gasteiger partial charge in [-0.25, -0.2) is 0 Å². The Balaban J connectivity index is 3.13. The Morgan fingerprint density at radius 2 is 1.94 bits per heavy atom. The molecule has 0 N–H and O–H groups in total. The van der Waals surface area contributed by atoms with Crippen molar-refractivity contribution in [3.8, 4) is 0 Å². The molecule has 0 atom stereocenters. The molecule has 8 nitrogen and oxygen atoms in total. The van der Waals surface area contributed by atoms with E-state index in [9.17, 15) is 25.0 Å². The van der Waals surface area contributed by atoms with Crippen LogP contribution in [0.2, 0.25) is 0 Å². The lowest BCUT2D eigenvalue weighted by atomic mass is 10.2. The second-order valence-corrected chi connectivity index (χ2v) is 2.73. The van der Waals surface area contributed by atoms with Gasteiger partial charge in [-0.3, -0.25) is 25.0 Å². The zero-order chi connectivity index (χ0) is 12.1. The lowest BCUT2D eigenvalue weighted by molar-refractivity contribution is -0.394. The average molecular weight is 226 g/mol. The van der Waals surface area contributed by atoms with Crippen molar-refractivity contribution in [3.63, 3.8) is 0 Å². The van der Waals surface area contributed by atoms with Gasteiger partial charge in [0.05, 0.1) is 21.5 Å². The van der Waals surface area contributed by atoms with Gasteiger partial charge in [-0.2, -0.15) is 0 Å². The normalized spacial score (nSPS) is 9.50. The van der Waals surface area contributed by atoms with Crippen LogP contribution in [0.1, 0.15) is 5.56 Å². The van der Waals surface area contributed by atoms with E-state index in [1.807, 2.05) is 0 Å². The summed E-state index contributed by atoms with van der Waals surface area (Å²) in [5.41, 5.74) is -0.736. The lowest BCUT2D eigenvalue weighted by Crippen LogP contribution is -1.99. The Bertz CT molecular complexity index is 444. The van der Waals surface area contributed by atoms with Gasteiger partial charge in [-0.15, -0.1) is 0 Å². The summed E-state index contributed by atoms with van der Waals surface area (Å²) in [5.74, 6) is 0. The maximum atomic E-state index is 10.6. The third kappa shape index (κ3) is 2.50. The largest absolute Gasteiger partial charge is 0.463 e. The van der Waals surface area contributed by atoms with Gasteiger partial charge in [0.1, 0.15) is 6.61 Å². The highest BCUT2D eigenvalue weighted by atomic mass is 16.6. The van der Waals surface area contributed by atoms with Gasteiger partial charge in [0.2, 0.25) is 0 Å². The summed E-state index contributed by atoms with van der Waals surface area (Å²) in [6.07, 6.45) is 0. The van der Waals surface area contributed by atoms with Crippen LogP contribution in [0.5, 0.6) is 0 Å². The molecule has 1 rings (SSSR count). The van der Waals surface area contributed by atoms with E-state index in [0.29, 0.717) is 0 Å². The highest BCUT2D eigenvalue weighted by Crippen LogP contribution is 2.24. The summed E-state index contributed by atoms with van der Waals surface area (Å²) < 4.78 is 4.36. The number of hydrogen-bond acceptors (Lipinski definition) is 6. The first-order valence-corrected chi connectivity index (χ1v) is 4.03. The summed E-state index contributed by atoms with van der Waals surface area (Å²) >= 11 is 0. The zero-order valence-corrected chi connectivity index (χ0v) is 7.86. The molecule has 84 valence electrons. The summed E-state index contributed by atoms with van der Waals surface area (Å²) in [4.78, 5) is 29.4. The quantitative estimate of drug-likeness (QED) is 0.423. The van der Waals surface area contributed by atoms with Crippen LogP contribution in [0.15, 0.2) is 18.2 Å². The van der Waals surface area contributed by atoms with E-state index in [1.165, 1.54) is 6.07 Å². The van der Waals surface area contributed by atoms with Crippen molar-refractivity contribution in [1.82, 2.24) is 0 Å². The van der Waals surface area contributed by atoms with Crippen molar-refractivity contribution in [3.05, 3.63) is 44.0 Å². The molecule has 0 aliphatic heterocycles. The second kappa shape index (κ2) is 4.82. The molecule has 0 spiro atoms. The number of rotatable bonds is 5. The van der Waals surface area contributed by atoms with Crippen LogP contribution in [0.25, 0.3) is 0 Å². The maximum absolute atomic E-state index is 10.6. The number of benzene rings is 1. The van der Waals surface area contributed by atoms with Gasteiger partial charge >= 0.3 is 0 Å². The van der Waals surface area contributed by atoms with Gasteiger partial charge < -0.3 is 4.74 Å². The molecule has 0 heterocycles. The van der Waals surface area contributed by atoms with Crippen LogP contribution < -0.4 is 0 Å². The Hall–Kier alpha value is -2.51. The van der Waals surface area contributed by atoms with Crippen LogP contribution in [0, 0.1) is 20.2 Å². The predicted molar refractivity (Wildman–Crippen MR) is 50.6 cm³/mol. The van der Waals surface area contributed by atoms with Crippen molar-refractivity contribution in [2.24, 2.45) is 0 Å². The molecule has 16 heavy (non-hydrogen) atoms. The molecule has 0 radical (unpaired) electrons. The van der Waals surface area contributed by atoms with E-state index in [0.717, 1.165) is 12.1 Å². The Kier molecular flexibility index (Phi) is 3.49. The number of nitrogens with zero attached hydrogens (tertiary/aromatic N) is 2. The van der Waals surface area contributed by atoms with E-state index in [-0.39, 0.29) is 24.3 Å². The molecule has 0 saturated heterocycles. The summed E-state index contributed by atoms with van der Waals surface area (Å²) in [6.45, 7) is -0.150. The minimum Gasteiger partial charge on any atom is -0.463 e. The number of carbonyl (C=O) groups is 1. The molecule has 0 unspecified atom stereocenters. The Labute approximate surface area is 88.7 Å². The molecule has 0 aromatic heterocycles. The van der Waals surface area contributed by atoms with Crippen molar-refractivity contribution in [2.45, 2.75) is 6.61 Å². The molecule has 8 heteroatoms. The number of nitro benzene ring substituents is 2. The number of nitro groups is 2. The van der Waals surface area contributed by atoms with E-state index in [2.05, 4.69) is 4.74 Å². The summed E-state index contributed by atoms with van der Waals surface area (Å²) in [6, 6.07) is 3.11. The fourth-order valence-corrected chi connectivity index (χ4v) is 1.08. The molecule has 0 amide bonds. The van der Waals surface area contributed by atoms with Gasteiger partial charge in [-0.1, -0.05) is 0 Å². The third-order valence-electron chi connectivity index (χ3n) is 1.78. The van der Waals surface area contributed by atoms with E-state index in [4.69, 9.17) is 0 Å². The van der Waals surface area contributed by atoms with Gasteiger partial charge in [0, 0.05) is 6.07 Å².